The van der Waals surface area contributed by atoms with Crippen molar-refractivity contribution in [2.24, 2.45) is 4.99 Å². The highest BCUT2D eigenvalue weighted by atomic mass is 16.5. The predicted octanol–water partition coefficient (Wildman–Crippen LogP) is 2.71. The molecule has 0 aliphatic carbocycles. The summed E-state index contributed by atoms with van der Waals surface area (Å²) in [4.78, 5) is 4.61. The van der Waals surface area contributed by atoms with Crippen LogP contribution in [0.25, 0.3) is 0 Å². The molecule has 0 saturated carbocycles. The first-order valence-corrected chi connectivity index (χ1v) is 8.68. The van der Waals surface area contributed by atoms with E-state index in [4.69, 9.17) is 9.47 Å². The van der Waals surface area contributed by atoms with Gasteiger partial charge >= 0.3 is 0 Å². The smallest absolute Gasteiger partial charge is 0.191 e. The molecule has 0 saturated heterocycles. The lowest BCUT2D eigenvalue weighted by atomic mass is 10.1. The van der Waals surface area contributed by atoms with Crippen molar-refractivity contribution in [3.05, 3.63) is 53.6 Å². The number of para-hydroxylation sites is 2. The Morgan fingerprint density at radius 2 is 1.65 bits per heavy atom. The maximum Gasteiger partial charge on any atom is 0.191 e. The Bertz CT molecular complexity index is 732. The van der Waals surface area contributed by atoms with Crippen molar-refractivity contribution >= 4 is 5.96 Å². The average Bonchev–Trinajstić information content (AvgIpc) is 2.67. The third-order valence-electron chi connectivity index (χ3n) is 3.93. The molecule has 0 spiro atoms. The van der Waals surface area contributed by atoms with Gasteiger partial charge in [-0.3, -0.25) is 0 Å². The zero-order chi connectivity index (χ0) is 18.8. The minimum Gasteiger partial charge on any atom is -0.504 e. The SMILES string of the molecule is CCNC(=NCc1ccccc1OC)NCCc1cccc(OC)c1O. The van der Waals surface area contributed by atoms with Crippen molar-refractivity contribution in [1.82, 2.24) is 10.6 Å². The van der Waals surface area contributed by atoms with E-state index < -0.39 is 0 Å². The molecule has 0 aliphatic heterocycles. The summed E-state index contributed by atoms with van der Waals surface area (Å²) in [5, 5.41) is 16.7. The van der Waals surface area contributed by atoms with Gasteiger partial charge in [0.2, 0.25) is 0 Å². The normalized spacial score (nSPS) is 11.1. The summed E-state index contributed by atoms with van der Waals surface area (Å²) in [6, 6.07) is 13.3. The zero-order valence-corrected chi connectivity index (χ0v) is 15.6. The number of phenols is 1. The summed E-state index contributed by atoms with van der Waals surface area (Å²) in [7, 11) is 3.21. The number of aliphatic imine (C=N–C) groups is 1. The summed E-state index contributed by atoms with van der Waals surface area (Å²) < 4.78 is 10.5. The Labute approximate surface area is 154 Å². The van der Waals surface area contributed by atoms with Crippen LogP contribution in [0.3, 0.4) is 0 Å². The van der Waals surface area contributed by atoms with Gasteiger partial charge in [0.05, 0.1) is 20.8 Å². The fourth-order valence-corrected chi connectivity index (χ4v) is 2.59. The van der Waals surface area contributed by atoms with Gasteiger partial charge in [0.1, 0.15) is 5.75 Å². The predicted molar refractivity (Wildman–Crippen MR) is 104 cm³/mol. The Morgan fingerprint density at radius 1 is 0.962 bits per heavy atom. The Morgan fingerprint density at radius 3 is 2.38 bits per heavy atom. The fraction of sp³-hybridized carbons (Fsp3) is 0.350. The average molecular weight is 357 g/mol. The van der Waals surface area contributed by atoms with Crippen molar-refractivity contribution in [2.45, 2.75) is 19.9 Å². The molecule has 26 heavy (non-hydrogen) atoms. The zero-order valence-electron chi connectivity index (χ0n) is 15.6. The van der Waals surface area contributed by atoms with Gasteiger partial charge < -0.3 is 25.2 Å². The van der Waals surface area contributed by atoms with E-state index in [1.165, 1.54) is 0 Å². The van der Waals surface area contributed by atoms with Crippen molar-refractivity contribution in [2.75, 3.05) is 27.3 Å². The highest BCUT2D eigenvalue weighted by molar-refractivity contribution is 5.79. The van der Waals surface area contributed by atoms with Crippen LogP contribution in [0, 0.1) is 0 Å². The molecule has 0 radical (unpaired) electrons. The number of aromatic hydroxyl groups is 1. The Balaban J connectivity index is 1.97. The molecule has 2 aromatic carbocycles. The summed E-state index contributed by atoms with van der Waals surface area (Å²) >= 11 is 0. The monoisotopic (exact) mass is 357 g/mol. The molecule has 2 aromatic rings. The van der Waals surface area contributed by atoms with Gasteiger partial charge in [-0.2, -0.15) is 0 Å². The molecule has 0 aromatic heterocycles. The van der Waals surface area contributed by atoms with Gasteiger partial charge in [-0.05, 0) is 31.0 Å². The van der Waals surface area contributed by atoms with E-state index >= 15 is 0 Å². The number of benzene rings is 2. The number of hydrogen-bond donors (Lipinski definition) is 3. The van der Waals surface area contributed by atoms with Gasteiger partial charge in [0.15, 0.2) is 17.5 Å². The molecular formula is C20H27N3O3. The van der Waals surface area contributed by atoms with Gasteiger partial charge in [0, 0.05) is 18.7 Å². The lowest BCUT2D eigenvalue weighted by Crippen LogP contribution is -2.38. The van der Waals surface area contributed by atoms with Crippen LogP contribution in [0.1, 0.15) is 18.1 Å². The van der Waals surface area contributed by atoms with E-state index in [0.29, 0.717) is 25.3 Å². The topological polar surface area (TPSA) is 75.1 Å². The number of ether oxygens (including phenoxy) is 2. The van der Waals surface area contributed by atoms with Crippen LogP contribution in [0.15, 0.2) is 47.5 Å². The summed E-state index contributed by atoms with van der Waals surface area (Å²) in [6.45, 7) is 3.94. The molecule has 0 heterocycles. The van der Waals surface area contributed by atoms with Crippen LogP contribution in [0.4, 0.5) is 0 Å². The first-order valence-electron chi connectivity index (χ1n) is 8.68. The highest BCUT2D eigenvalue weighted by Gasteiger charge is 2.07. The lowest BCUT2D eigenvalue weighted by Gasteiger charge is -2.13. The van der Waals surface area contributed by atoms with Crippen LogP contribution >= 0.6 is 0 Å². The van der Waals surface area contributed by atoms with Gasteiger partial charge in [-0.15, -0.1) is 0 Å². The van der Waals surface area contributed by atoms with Crippen molar-refractivity contribution in [3.63, 3.8) is 0 Å². The standard InChI is InChI=1S/C20H27N3O3/c1-4-21-20(23-14-16-8-5-6-10-17(16)25-2)22-13-12-15-9-7-11-18(26-3)19(15)24/h5-11,24H,4,12-14H2,1-3H3,(H2,21,22,23). The van der Waals surface area contributed by atoms with Crippen LogP contribution in [0.5, 0.6) is 17.2 Å². The molecule has 0 atom stereocenters. The number of rotatable bonds is 8. The van der Waals surface area contributed by atoms with E-state index in [-0.39, 0.29) is 5.75 Å². The Kier molecular flexibility index (Phi) is 7.61. The molecule has 0 bridgehead atoms. The fourth-order valence-electron chi connectivity index (χ4n) is 2.59. The summed E-state index contributed by atoms with van der Waals surface area (Å²) in [5.74, 6) is 2.22. The second-order valence-corrected chi connectivity index (χ2v) is 5.65. The van der Waals surface area contributed by atoms with E-state index in [1.54, 1.807) is 20.3 Å². The summed E-state index contributed by atoms with van der Waals surface area (Å²) in [5.41, 5.74) is 1.86. The third kappa shape index (κ3) is 5.31. The quantitative estimate of drug-likeness (QED) is 0.500. The van der Waals surface area contributed by atoms with Crippen molar-refractivity contribution in [1.29, 1.82) is 0 Å². The van der Waals surface area contributed by atoms with Crippen molar-refractivity contribution in [3.8, 4) is 17.2 Å². The molecule has 0 fully saturated rings. The van der Waals surface area contributed by atoms with Crippen LogP contribution < -0.4 is 20.1 Å². The van der Waals surface area contributed by atoms with E-state index in [2.05, 4.69) is 15.6 Å². The molecule has 0 amide bonds. The second-order valence-electron chi connectivity index (χ2n) is 5.65. The maximum atomic E-state index is 10.2. The van der Waals surface area contributed by atoms with Crippen LogP contribution in [-0.4, -0.2) is 38.4 Å². The van der Waals surface area contributed by atoms with Crippen molar-refractivity contribution < 1.29 is 14.6 Å². The number of phenolic OH excluding ortho intramolecular Hbond substituents is 1. The van der Waals surface area contributed by atoms with E-state index in [1.807, 2.05) is 43.3 Å². The minimum atomic E-state index is 0.188. The molecular weight excluding hydrogens is 330 g/mol. The number of methoxy groups -OCH3 is 2. The lowest BCUT2D eigenvalue weighted by molar-refractivity contribution is 0.370. The number of guanidine groups is 1. The van der Waals surface area contributed by atoms with Gasteiger partial charge in [0.25, 0.3) is 0 Å². The van der Waals surface area contributed by atoms with Gasteiger partial charge in [-0.1, -0.05) is 30.3 Å². The molecule has 6 nitrogen and oxygen atoms in total. The number of nitrogens with zero attached hydrogens (tertiary/aromatic N) is 1. The van der Waals surface area contributed by atoms with Crippen LogP contribution in [0.2, 0.25) is 0 Å². The first-order chi connectivity index (χ1) is 12.7. The van der Waals surface area contributed by atoms with E-state index in [0.717, 1.165) is 29.4 Å². The molecule has 6 heteroatoms. The third-order valence-corrected chi connectivity index (χ3v) is 3.93. The maximum absolute atomic E-state index is 10.2. The molecule has 3 N–H and O–H groups in total. The molecule has 0 aliphatic rings. The molecule has 0 unspecified atom stereocenters. The summed E-state index contributed by atoms with van der Waals surface area (Å²) in [6.07, 6.45) is 0.655. The minimum absolute atomic E-state index is 0.188. The number of nitrogens with one attached hydrogen (secondary N) is 2. The van der Waals surface area contributed by atoms with Gasteiger partial charge in [-0.25, -0.2) is 4.99 Å². The second kappa shape index (κ2) is 10.2. The number of hydrogen-bond acceptors (Lipinski definition) is 4. The highest BCUT2D eigenvalue weighted by Crippen LogP contribution is 2.29. The largest absolute Gasteiger partial charge is 0.504 e. The molecule has 2 rings (SSSR count). The first kappa shape index (κ1) is 19.4. The van der Waals surface area contributed by atoms with Crippen LogP contribution in [-0.2, 0) is 13.0 Å². The van der Waals surface area contributed by atoms with E-state index in [9.17, 15) is 5.11 Å². The molecule has 140 valence electrons. The Hall–Kier alpha value is -2.89.